The highest BCUT2D eigenvalue weighted by Crippen LogP contribution is 1.89. The van der Waals surface area contributed by atoms with E-state index in [1.54, 1.807) is 12.4 Å². The lowest BCUT2D eigenvalue weighted by atomic mass is 9.81. The van der Waals surface area contributed by atoms with Gasteiger partial charge in [0.05, 0.1) is 0 Å². The van der Waals surface area contributed by atoms with Crippen LogP contribution in [0.4, 0.5) is 0 Å². The van der Waals surface area contributed by atoms with Gasteiger partial charge in [-0.3, -0.25) is 0 Å². The minimum atomic E-state index is -0.337. The molecule has 4 nitrogen and oxygen atoms in total. The Kier molecular flexibility index (Phi) is 4.42. The largest absolute Gasteiger partial charge is 0.497 e. The van der Waals surface area contributed by atoms with E-state index in [0.717, 1.165) is 5.46 Å². The maximum Gasteiger partial charge on any atom is 0.497 e. The monoisotopic (exact) mass is 180 g/mol. The maximum absolute atomic E-state index is 5.37. The van der Waals surface area contributed by atoms with Crippen LogP contribution in [0.1, 0.15) is 13.8 Å². The Hall–Kier alpha value is -0.935. The number of rotatable bonds is 5. The van der Waals surface area contributed by atoms with E-state index >= 15 is 0 Å². The predicted molar refractivity (Wildman–Crippen MR) is 50.7 cm³/mol. The third-order valence-electron chi connectivity index (χ3n) is 1.49. The van der Waals surface area contributed by atoms with Gasteiger partial charge in [0, 0.05) is 31.1 Å². The van der Waals surface area contributed by atoms with Crippen LogP contribution in [-0.4, -0.2) is 30.3 Å². The van der Waals surface area contributed by atoms with E-state index in [1.165, 1.54) is 6.33 Å². The standard InChI is InChI=1S/C8H13BN2O2/c1-3-12-9(13-4-2)8-5-10-7-11-6-8/h5-7H,3-4H2,1-2H3. The van der Waals surface area contributed by atoms with Crippen molar-refractivity contribution in [1.29, 1.82) is 0 Å². The van der Waals surface area contributed by atoms with E-state index in [-0.39, 0.29) is 7.12 Å². The molecule has 0 aliphatic rings. The molecule has 0 aromatic carbocycles. The van der Waals surface area contributed by atoms with Crippen molar-refractivity contribution in [2.24, 2.45) is 0 Å². The molecule has 0 radical (unpaired) electrons. The highest BCUT2D eigenvalue weighted by atomic mass is 16.6. The molecule has 1 rings (SSSR count). The Morgan fingerprint density at radius 2 is 1.69 bits per heavy atom. The number of nitrogens with zero attached hydrogens (tertiary/aromatic N) is 2. The summed E-state index contributed by atoms with van der Waals surface area (Å²) < 4.78 is 10.7. The van der Waals surface area contributed by atoms with E-state index < -0.39 is 0 Å². The van der Waals surface area contributed by atoms with Gasteiger partial charge in [-0.05, 0) is 13.8 Å². The SMILES string of the molecule is CCOB(OCC)c1cncnc1. The molecule has 0 spiro atoms. The van der Waals surface area contributed by atoms with Gasteiger partial charge in [0.1, 0.15) is 6.33 Å². The summed E-state index contributed by atoms with van der Waals surface area (Å²) in [4.78, 5) is 7.80. The third kappa shape index (κ3) is 3.12. The second-order valence-electron chi connectivity index (χ2n) is 2.41. The molecule has 0 fully saturated rings. The maximum atomic E-state index is 5.37. The van der Waals surface area contributed by atoms with Crippen LogP contribution in [0.5, 0.6) is 0 Å². The highest BCUT2D eigenvalue weighted by Gasteiger charge is 2.20. The van der Waals surface area contributed by atoms with Crippen LogP contribution < -0.4 is 5.46 Å². The molecule has 1 aromatic rings. The predicted octanol–water partition coefficient (Wildman–Crippen LogP) is 0.245. The minimum absolute atomic E-state index is 0.337. The van der Waals surface area contributed by atoms with E-state index in [1.807, 2.05) is 13.8 Å². The molecule has 0 bridgehead atoms. The minimum Gasteiger partial charge on any atom is -0.408 e. The molecule has 13 heavy (non-hydrogen) atoms. The van der Waals surface area contributed by atoms with Crippen LogP contribution in [-0.2, 0) is 9.31 Å². The fourth-order valence-electron chi connectivity index (χ4n) is 0.976. The molecule has 0 N–H and O–H groups in total. The quantitative estimate of drug-likeness (QED) is 0.609. The van der Waals surface area contributed by atoms with Crippen LogP contribution >= 0.6 is 0 Å². The zero-order valence-corrected chi connectivity index (χ0v) is 7.93. The fraction of sp³-hybridized carbons (Fsp3) is 0.500. The fourth-order valence-corrected chi connectivity index (χ4v) is 0.976. The lowest BCUT2D eigenvalue weighted by Gasteiger charge is -2.10. The molecule has 0 amide bonds. The summed E-state index contributed by atoms with van der Waals surface area (Å²) in [5.74, 6) is 0. The Morgan fingerprint density at radius 3 is 2.15 bits per heavy atom. The second kappa shape index (κ2) is 5.67. The van der Waals surface area contributed by atoms with Crippen LogP contribution in [0.2, 0.25) is 0 Å². The first-order valence-electron chi connectivity index (χ1n) is 4.36. The second-order valence-corrected chi connectivity index (χ2v) is 2.41. The summed E-state index contributed by atoms with van der Waals surface area (Å²) in [6.45, 7) is 5.07. The van der Waals surface area contributed by atoms with E-state index in [0.29, 0.717) is 13.2 Å². The molecular weight excluding hydrogens is 167 g/mol. The van der Waals surface area contributed by atoms with E-state index in [2.05, 4.69) is 9.97 Å². The van der Waals surface area contributed by atoms with Crippen LogP contribution in [0.3, 0.4) is 0 Å². The van der Waals surface area contributed by atoms with Crippen molar-refractivity contribution in [3.05, 3.63) is 18.7 Å². The van der Waals surface area contributed by atoms with Crippen molar-refractivity contribution in [3.63, 3.8) is 0 Å². The van der Waals surface area contributed by atoms with Crippen molar-refractivity contribution in [1.82, 2.24) is 9.97 Å². The molecule has 70 valence electrons. The van der Waals surface area contributed by atoms with Gasteiger partial charge in [-0.25, -0.2) is 9.97 Å². The van der Waals surface area contributed by atoms with Gasteiger partial charge in [-0.15, -0.1) is 0 Å². The number of hydrogen-bond acceptors (Lipinski definition) is 4. The van der Waals surface area contributed by atoms with Gasteiger partial charge in [0.15, 0.2) is 0 Å². The zero-order chi connectivity index (χ0) is 9.52. The average molecular weight is 180 g/mol. The molecule has 5 heteroatoms. The smallest absolute Gasteiger partial charge is 0.408 e. The van der Waals surface area contributed by atoms with Crippen LogP contribution in [0.15, 0.2) is 18.7 Å². The molecule has 1 heterocycles. The summed E-state index contributed by atoms with van der Waals surface area (Å²) in [5.41, 5.74) is 0.853. The Morgan fingerprint density at radius 1 is 1.15 bits per heavy atom. The summed E-state index contributed by atoms with van der Waals surface area (Å²) in [5, 5.41) is 0. The molecular formula is C8H13BN2O2. The third-order valence-corrected chi connectivity index (χ3v) is 1.49. The molecule has 0 saturated carbocycles. The van der Waals surface area contributed by atoms with Gasteiger partial charge in [-0.2, -0.15) is 0 Å². The van der Waals surface area contributed by atoms with Crippen molar-refractivity contribution in [2.75, 3.05) is 13.2 Å². The topological polar surface area (TPSA) is 44.2 Å². The highest BCUT2D eigenvalue weighted by molar-refractivity contribution is 6.61. The number of hydrogen-bond donors (Lipinski definition) is 0. The molecule has 0 saturated heterocycles. The summed E-state index contributed by atoms with van der Waals surface area (Å²) in [6.07, 6.45) is 4.88. The van der Waals surface area contributed by atoms with Crippen molar-refractivity contribution < 1.29 is 9.31 Å². The normalized spacial score (nSPS) is 10.0. The Balaban J connectivity index is 2.64. The number of aromatic nitrogens is 2. The van der Waals surface area contributed by atoms with Gasteiger partial charge in [0.2, 0.25) is 0 Å². The first kappa shape index (κ1) is 10.1. The van der Waals surface area contributed by atoms with Gasteiger partial charge < -0.3 is 9.31 Å². The van der Waals surface area contributed by atoms with Crippen LogP contribution in [0, 0.1) is 0 Å². The lowest BCUT2D eigenvalue weighted by Crippen LogP contribution is -2.37. The van der Waals surface area contributed by atoms with Crippen molar-refractivity contribution in [2.45, 2.75) is 13.8 Å². The van der Waals surface area contributed by atoms with Crippen LogP contribution in [0.25, 0.3) is 0 Å². The van der Waals surface area contributed by atoms with E-state index in [9.17, 15) is 0 Å². The molecule has 0 aliphatic carbocycles. The van der Waals surface area contributed by atoms with Crippen molar-refractivity contribution in [3.8, 4) is 0 Å². The van der Waals surface area contributed by atoms with E-state index in [4.69, 9.17) is 9.31 Å². The zero-order valence-electron chi connectivity index (χ0n) is 7.93. The Bertz CT molecular complexity index is 227. The first-order valence-corrected chi connectivity index (χ1v) is 4.36. The molecule has 0 atom stereocenters. The van der Waals surface area contributed by atoms with Gasteiger partial charge in [0.25, 0.3) is 0 Å². The summed E-state index contributed by atoms with van der Waals surface area (Å²) >= 11 is 0. The molecule has 0 unspecified atom stereocenters. The first-order chi connectivity index (χ1) is 6.38. The van der Waals surface area contributed by atoms with Crippen molar-refractivity contribution >= 4 is 12.6 Å². The van der Waals surface area contributed by atoms with Gasteiger partial charge in [-0.1, -0.05) is 0 Å². The molecule has 0 aliphatic heterocycles. The lowest BCUT2D eigenvalue weighted by molar-refractivity contribution is 0.225. The van der Waals surface area contributed by atoms with Gasteiger partial charge >= 0.3 is 7.12 Å². The summed E-state index contributed by atoms with van der Waals surface area (Å²) in [7, 11) is -0.337. The molecule has 1 aromatic heterocycles. The average Bonchev–Trinajstić information content (AvgIpc) is 2.19. The Labute approximate surface area is 78.5 Å². The summed E-state index contributed by atoms with van der Waals surface area (Å²) in [6, 6.07) is 0.